The Balaban J connectivity index is 1.96. The number of nitrogens with two attached hydrogens (primary N) is 1. The van der Waals surface area contributed by atoms with Gasteiger partial charge in [0.2, 0.25) is 0 Å². The molecule has 0 aliphatic rings. The quantitative estimate of drug-likeness (QED) is 0.129. The maximum absolute atomic E-state index is 12.5. The van der Waals surface area contributed by atoms with Crippen molar-refractivity contribution in [1.29, 1.82) is 5.26 Å². The molecule has 8 heteroatoms. The Morgan fingerprint density at radius 2 is 2.03 bits per heavy atom. The molecule has 2 aromatic rings. The number of amides is 1. The molecule has 0 saturated carbocycles. The largest absolute Gasteiger partial charge is 0.483 e. The van der Waals surface area contributed by atoms with Crippen LogP contribution in [0.5, 0.6) is 0 Å². The fourth-order valence-electron chi connectivity index (χ4n) is 2.75. The summed E-state index contributed by atoms with van der Waals surface area (Å²) in [6.07, 6.45) is 3.29. The zero-order chi connectivity index (χ0) is 21.2. The summed E-state index contributed by atoms with van der Waals surface area (Å²) in [5.74, 6) is 4.18. The van der Waals surface area contributed by atoms with Gasteiger partial charge in [-0.25, -0.2) is 0 Å². The molecule has 0 aromatic heterocycles. The number of anilines is 1. The van der Waals surface area contributed by atoms with Gasteiger partial charge in [-0.1, -0.05) is 41.9 Å². The van der Waals surface area contributed by atoms with Crippen LogP contribution in [-0.4, -0.2) is 34.4 Å². The van der Waals surface area contributed by atoms with E-state index in [-0.39, 0.29) is 18.2 Å². The number of carbonyl (C=O) groups is 2. The summed E-state index contributed by atoms with van der Waals surface area (Å²) >= 11 is 0. The first-order valence-corrected chi connectivity index (χ1v) is 9.08. The van der Waals surface area contributed by atoms with Gasteiger partial charge < -0.3 is 15.7 Å². The number of nitrogens with one attached hydrogen (secondary N) is 2. The highest BCUT2D eigenvalue weighted by Crippen LogP contribution is 2.20. The second kappa shape index (κ2) is 10.5. The van der Waals surface area contributed by atoms with Gasteiger partial charge in [0.15, 0.2) is 5.26 Å². The topological polar surface area (TPSA) is 131 Å². The second-order valence-electron chi connectivity index (χ2n) is 6.58. The number of carbonyl (C=O) groups excluding carboxylic acids is 1. The molecule has 0 spiro atoms. The number of benzene rings is 2. The molecule has 0 fully saturated rings. The van der Waals surface area contributed by atoms with Crippen molar-refractivity contribution >= 4 is 23.8 Å². The number of hydrogen-bond donors (Lipinski definition) is 4. The third-order valence-corrected chi connectivity index (χ3v) is 4.29. The van der Waals surface area contributed by atoms with Crippen LogP contribution in [0.2, 0.25) is 0 Å². The Morgan fingerprint density at radius 1 is 1.28 bits per heavy atom. The van der Waals surface area contributed by atoms with E-state index in [0.29, 0.717) is 18.7 Å². The van der Waals surface area contributed by atoms with Crippen LogP contribution in [0.4, 0.5) is 5.69 Å². The summed E-state index contributed by atoms with van der Waals surface area (Å²) < 4.78 is 0.898. The Labute approximate surface area is 169 Å². The third kappa shape index (κ3) is 6.99. The van der Waals surface area contributed by atoms with Crippen LogP contribution in [0.3, 0.4) is 0 Å². The molecule has 0 bridgehead atoms. The zero-order valence-electron chi connectivity index (χ0n) is 16.1. The normalized spacial score (nSPS) is 11.9. The number of nitrogens with zero attached hydrogens (tertiary/aromatic N) is 2. The van der Waals surface area contributed by atoms with E-state index in [0.717, 1.165) is 21.5 Å². The van der Waals surface area contributed by atoms with Gasteiger partial charge in [-0.15, -0.1) is 0 Å². The Kier molecular flexibility index (Phi) is 7.74. The van der Waals surface area contributed by atoms with Crippen molar-refractivity contribution in [3.05, 3.63) is 65.2 Å². The Morgan fingerprint density at radius 3 is 2.76 bits per heavy atom. The number of aliphatic carboxylic acids is 1. The van der Waals surface area contributed by atoms with Crippen LogP contribution in [0.25, 0.3) is 0 Å². The minimum atomic E-state index is -0.839. The van der Waals surface area contributed by atoms with E-state index in [1.807, 2.05) is 37.3 Å². The monoisotopic (exact) mass is 394 g/mol. The van der Waals surface area contributed by atoms with Crippen LogP contribution in [0.15, 0.2) is 48.5 Å². The van der Waals surface area contributed by atoms with Crippen molar-refractivity contribution in [3.8, 4) is 6.19 Å². The highest BCUT2D eigenvalue weighted by molar-refractivity contribution is 5.95. The molecule has 0 saturated heterocycles. The van der Waals surface area contributed by atoms with Gasteiger partial charge >= 0.3 is 12.2 Å². The third-order valence-electron chi connectivity index (χ3n) is 4.29. The number of carboxylic acids is 1. The summed E-state index contributed by atoms with van der Waals surface area (Å²) in [6, 6.07) is 14.5. The maximum Gasteiger partial charge on any atom is 0.483 e. The number of hydrazone groups is 1. The van der Waals surface area contributed by atoms with Gasteiger partial charge in [-0.05, 0) is 35.2 Å². The summed E-state index contributed by atoms with van der Waals surface area (Å²) in [5.41, 5.74) is 3.05. The van der Waals surface area contributed by atoms with Gasteiger partial charge in [0.1, 0.15) is 6.21 Å². The summed E-state index contributed by atoms with van der Waals surface area (Å²) in [5, 5.41) is 23.5. The number of hydrazine groups is 1. The van der Waals surface area contributed by atoms with Crippen molar-refractivity contribution in [1.82, 2.24) is 5.32 Å². The molecule has 0 aliphatic heterocycles. The van der Waals surface area contributed by atoms with Crippen LogP contribution in [0.1, 0.15) is 40.7 Å². The number of hydrogen-bond acceptors (Lipinski definition) is 5. The van der Waals surface area contributed by atoms with Gasteiger partial charge in [0, 0.05) is 17.8 Å². The Bertz CT molecular complexity index is 949. The number of carboxylic acid groups (broad SMARTS) is 1. The molecule has 0 radical (unpaired) electrons. The lowest BCUT2D eigenvalue weighted by atomic mass is 9.96. The smallest absolute Gasteiger partial charge is 0.481 e. The fourth-order valence-corrected chi connectivity index (χ4v) is 2.75. The average Bonchev–Trinajstić information content (AvgIpc) is 2.71. The molecule has 2 rings (SSSR count). The molecule has 1 amide bonds. The van der Waals surface area contributed by atoms with Crippen LogP contribution >= 0.6 is 0 Å². The molecule has 0 heterocycles. The predicted octanol–water partition coefficient (Wildman–Crippen LogP) is 2.04. The van der Waals surface area contributed by atoms with E-state index in [4.69, 9.17) is 16.2 Å². The zero-order valence-corrected chi connectivity index (χ0v) is 16.1. The lowest BCUT2D eigenvalue weighted by Crippen LogP contribution is -2.23. The summed E-state index contributed by atoms with van der Waals surface area (Å²) in [4.78, 5) is 23.4. The molecule has 2 aromatic carbocycles. The molecule has 150 valence electrons. The van der Waals surface area contributed by atoms with Crippen LogP contribution in [0, 0.1) is 11.5 Å². The lowest BCUT2D eigenvalue weighted by molar-refractivity contribution is -0.446. The first-order valence-electron chi connectivity index (χ1n) is 9.08. The molecule has 29 heavy (non-hydrogen) atoms. The standard InChI is InChI=1S/C21H23N5O3/c1-15(10-20(27)28)17-5-2-4-16(11-17)13-25-21(29)18-6-3-7-19(12-18)24-8-9-26(23)14-22/h2-7,9,11-12,15,24H,8,10,13,23H2,1H3,(H-,25,27,28,29)/p+1. The fraction of sp³-hybridized carbons (Fsp3) is 0.238. The van der Waals surface area contributed by atoms with Crippen molar-refractivity contribution in [3.63, 3.8) is 0 Å². The molecule has 5 N–H and O–H groups in total. The van der Waals surface area contributed by atoms with Crippen molar-refractivity contribution in [2.24, 2.45) is 5.84 Å². The average molecular weight is 394 g/mol. The SMILES string of the molecule is CC(CC(=O)O)c1cccc(CNC(=O)c2cccc(NCC=[N+](N)C#N)c2)c1. The highest BCUT2D eigenvalue weighted by atomic mass is 16.4. The highest BCUT2D eigenvalue weighted by Gasteiger charge is 2.11. The van der Waals surface area contributed by atoms with Crippen LogP contribution < -0.4 is 16.5 Å². The van der Waals surface area contributed by atoms with Crippen molar-refractivity contribution in [2.45, 2.75) is 25.8 Å². The summed E-state index contributed by atoms with van der Waals surface area (Å²) in [6.45, 7) is 2.54. The van der Waals surface area contributed by atoms with E-state index in [1.165, 1.54) is 6.21 Å². The van der Waals surface area contributed by atoms with Gasteiger partial charge in [-0.3, -0.25) is 15.4 Å². The van der Waals surface area contributed by atoms with Gasteiger partial charge in [0.25, 0.3) is 5.91 Å². The Hall–Kier alpha value is -3.86. The van der Waals surface area contributed by atoms with E-state index in [1.54, 1.807) is 24.4 Å². The molecular weight excluding hydrogens is 370 g/mol. The van der Waals surface area contributed by atoms with Crippen molar-refractivity contribution in [2.75, 3.05) is 11.9 Å². The number of nitriles is 1. The predicted molar refractivity (Wildman–Crippen MR) is 109 cm³/mol. The minimum Gasteiger partial charge on any atom is -0.481 e. The second-order valence-corrected chi connectivity index (χ2v) is 6.58. The van der Waals surface area contributed by atoms with Crippen LogP contribution in [-0.2, 0) is 11.3 Å². The van der Waals surface area contributed by atoms with E-state index in [2.05, 4.69) is 10.6 Å². The molecule has 8 nitrogen and oxygen atoms in total. The van der Waals surface area contributed by atoms with Gasteiger partial charge in [0.05, 0.1) is 13.0 Å². The number of rotatable bonds is 9. The van der Waals surface area contributed by atoms with Gasteiger partial charge in [-0.2, -0.15) is 0 Å². The minimum absolute atomic E-state index is 0.0588. The van der Waals surface area contributed by atoms with E-state index < -0.39 is 5.97 Å². The van der Waals surface area contributed by atoms with Crippen molar-refractivity contribution < 1.29 is 19.4 Å². The first-order chi connectivity index (χ1) is 13.9. The van der Waals surface area contributed by atoms with E-state index >= 15 is 0 Å². The molecule has 0 aliphatic carbocycles. The first kappa shape index (κ1) is 21.4. The lowest BCUT2D eigenvalue weighted by Gasteiger charge is -2.12. The molecular formula is C21H24N5O3+. The summed E-state index contributed by atoms with van der Waals surface area (Å²) in [7, 11) is 0. The molecule has 1 unspecified atom stereocenters. The maximum atomic E-state index is 12.5. The van der Waals surface area contributed by atoms with E-state index in [9.17, 15) is 9.59 Å². The molecule has 1 atom stereocenters.